The summed E-state index contributed by atoms with van der Waals surface area (Å²) >= 11 is 0. The van der Waals surface area contributed by atoms with Crippen LogP contribution in [0.4, 0.5) is 0 Å². The van der Waals surface area contributed by atoms with Crippen molar-refractivity contribution in [1.29, 1.82) is 0 Å². The second kappa shape index (κ2) is 53.9. The number of aliphatic hydroxyl groups is 7. The molecule has 1 fully saturated rings. The molecule has 1 aliphatic heterocycles. The molecule has 1 aliphatic rings. The first kappa shape index (κ1) is 72.3. The average molecular weight is 1080 g/mol. The molecule has 0 bridgehead atoms. The van der Waals surface area contributed by atoms with Gasteiger partial charge in [-0.1, -0.05) is 275 Å². The number of nitrogens with one attached hydrogen (secondary N) is 1. The van der Waals surface area contributed by atoms with Crippen molar-refractivity contribution in [3.8, 4) is 0 Å². The van der Waals surface area contributed by atoms with Crippen LogP contribution < -0.4 is 5.32 Å². The highest BCUT2D eigenvalue weighted by molar-refractivity contribution is 5.80. The van der Waals surface area contributed by atoms with Crippen LogP contribution in [0.15, 0.2) is 36.5 Å². The summed E-state index contributed by atoms with van der Waals surface area (Å²) in [5.74, 6) is -0.708. The SMILES string of the molecule is CCCCCCCCCCCCCCCCC/C=C/CC/C=C/CC/C=C/CCCC(O)C(O)C(COC1OC(CO)C(O)C(O)C1O)NC(=O)C(O)CCCCCCCCCCCCCCCCCCCCCCC. The molecular formula is C65H123NO10. The van der Waals surface area contributed by atoms with Crippen molar-refractivity contribution in [2.75, 3.05) is 13.2 Å². The normalized spacial score (nSPS) is 19.8. The third-order valence-electron chi connectivity index (χ3n) is 15.7. The van der Waals surface area contributed by atoms with Crippen LogP contribution in [0.25, 0.3) is 0 Å². The van der Waals surface area contributed by atoms with Gasteiger partial charge in [-0.2, -0.15) is 0 Å². The first-order chi connectivity index (χ1) is 37.2. The van der Waals surface area contributed by atoms with Gasteiger partial charge < -0.3 is 50.5 Å². The fourth-order valence-corrected chi connectivity index (χ4v) is 10.4. The zero-order chi connectivity index (χ0) is 55.4. The minimum Gasteiger partial charge on any atom is -0.394 e. The van der Waals surface area contributed by atoms with Gasteiger partial charge in [0.15, 0.2) is 6.29 Å². The van der Waals surface area contributed by atoms with Gasteiger partial charge in [0.25, 0.3) is 0 Å². The van der Waals surface area contributed by atoms with E-state index in [4.69, 9.17) is 9.47 Å². The second-order valence-electron chi connectivity index (χ2n) is 22.8. The zero-order valence-electron chi connectivity index (χ0n) is 49.2. The Bertz CT molecular complexity index is 1330. The lowest BCUT2D eigenvalue weighted by atomic mass is 9.98. The van der Waals surface area contributed by atoms with Crippen LogP contribution in [-0.4, -0.2) is 110 Å². The number of rotatable bonds is 56. The summed E-state index contributed by atoms with van der Waals surface area (Å²) in [6.45, 7) is 3.48. The lowest BCUT2D eigenvalue weighted by Crippen LogP contribution is -2.60. The molecule has 0 radical (unpaired) electrons. The third-order valence-corrected chi connectivity index (χ3v) is 15.7. The molecule has 0 aromatic heterocycles. The number of hydrogen-bond donors (Lipinski definition) is 8. The van der Waals surface area contributed by atoms with E-state index in [0.29, 0.717) is 19.3 Å². The number of carbonyl (C=O) groups is 1. The van der Waals surface area contributed by atoms with Crippen molar-refractivity contribution < 1.29 is 50.0 Å². The van der Waals surface area contributed by atoms with E-state index < -0.39 is 74.2 Å². The molecule has 1 amide bonds. The zero-order valence-corrected chi connectivity index (χ0v) is 49.2. The summed E-state index contributed by atoms with van der Waals surface area (Å²) in [4.78, 5) is 13.2. The number of unbranched alkanes of at least 4 members (excludes halogenated alkanes) is 38. The number of ether oxygens (including phenoxy) is 2. The third kappa shape index (κ3) is 41.4. The predicted molar refractivity (Wildman–Crippen MR) is 316 cm³/mol. The van der Waals surface area contributed by atoms with Crippen molar-refractivity contribution in [2.24, 2.45) is 0 Å². The van der Waals surface area contributed by atoms with Crippen LogP contribution in [0.3, 0.4) is 0 Å². The number of carbonyl (C=O) groups excluding carboxylic acids is 1. The van der Waals surface area contributed by atoms with Gasteiger partial charge in [0, 0.05) is 0 Å². The van der Waals surface area contributed by atoms with Crippen molar-refractivity contribution in [2.45, 2.75) is 358 Å². The Balaban J connectivity index is 2.29. The van der Waals surface area contributed by atoms with E-state index in [0.717, 1.165) is 44.9 Å². The van der Waals surface area contributed by atoms with E-state index in [2.05, 4.69) is 55.6 Å². The van der Waals surface area contributed by atoms with E-state index in [1.807, 2.05) is 0 Å². The fraction of sp³-hybridized carbons (Fsp3) is 0.892. The molecule has 0 spiro atoms. The van der Waals surface area contributed by atoms with Crippen molar-refractivity contribution in [3.63, 3.8) is 0 Å². The van der Waals surface area contributed by atoms with Crippen LogP contribution >= 0.6 is 0 Å². The second-order valence-corrected chi connectivity index (χ2v) is 22.8. The summed E-state index contributed by atoms with van der Waals surface area (Å²) in [6, 6.07) is -1.19. The molecule has 1 rings (SSSR count). The minimum absolute atomic E-state index is 0.243. The highest BCUT2D eigenvalue weighted by Crippen LogP contribution is 2.24. The van der Waals surface area contributed by atoms with E-state index >= 15 is 0 Å². The van der Waals surface area contributed by atoms with Crippen LogP contribution in [0.1, 0.15) is 303 Å². The van der Waals surface area contributed by atoms with Gasteiger partial charge in [0.1, 0.15) is 36.6 Å². The number of aliphatic hydroxyl groups excluding tert-OH is 7. The van der Waals surface area contributed by atoms with E-state index in [-0.39, 0.29) is 12.8 Å². The standard InChI is InChI=1S/C65H123NO10/c1-3-5-7-9-11-13-15-17-19-21-23-25-26-27-28-29-30-31-33-34-36-38-40-42-44-46-48-50-52-57(68)60(70)56(55-75-65-63(73)62(72)61(71)59(54-67)76-65)66-64(74)58(69)53-51-49-47-45-43-41-39-37-35-32-24-22-20-18-16-14-12-10-8-6-4-2/h30-31,36,38,44,46,56-63,65,67-73H,3-29,32-35,37,39-43,45,47-55H2,1-2H3,(H,66,74)/b31-30+,38-36+,46-44+. The quantitative estimate of drug-likeness (QED) is 0.0215. The highest BCUT2D eigenvalue weighted by atomic mass is 16.7. The van der Waals surface area contributed by atoms with E-state index in [1.165, 1.54) is 212 Å². The van der Waals surface area contributed by atoms with Crippen LogP contribution in [0.2, 0.25) is 0 Å². The van der Waals surface area contributed by atoms with Gasteiger partial charge in [0.2, 0.25) is 5.91 Å². The number of hydrogen-bond acceptors (Lipinski definition) is 10. The predicted octanol–water partition coefficient (Wildman–Crippen LogP) is 14.6. The van der Waals surface area contributed by atoms with Gasteiger partial charge >= 0.3 is 0 Å². The molecule has 76 heavy (non-hydrogen) atoms. The molecule has 9 atom stereocenters. The molecule has 0 saturated carbocycles. The van der Waals surface area contributed by atoms with Gasteiger partial charge in [-0.3, -0.25) is 4.79 Å². The van der Waals surface area contributed by atoms with Gasteiger partial charge in [-0.05, 0) is 64.2 Å². The maximum atomic E-state index is 13.2. The highest BCUT2D eigenvalue weighted by Gasteiger charge is 2.44. The maximum absolute atomic E-state index is 13.2. The lowest BCUT2D eigenvalue weighted by molar-refractivity contribution is -0.303. The average Bonchev–Trinajstić information content (AvgIpc) is 3.42. The van der Waals surface area contributed by atoms with Gasteiger partial charge in [0.05, 0.1) is 25.4 Å². The summed E-state index contributed by atoms with van der Waals surface area (Å²) in [6.07, 6.45) is 56.4. The molecule has 448 valence electrons. The molecular weight excluding hydrogens is 955 g/mol. The minimum atomic E-state index is -1.67. The Morgan fingerprint density at radius 3 is 1.17 bits per heavy atom. The summed E-state index contributed by atoms with van der Waals surface area (Å²) < 4.78 is 11.2. The topological polar surface area (TPSA) is 189 Å². The molecule has 8 N–H and O–H groups in total. The Kier molecular flexibility index (Phi) is 51.3. The Morgan fingerprint density at radius 1 is 0.447 bits per heavy atom. The first-order valence-electron chi connectivity index (χ1n) is 32.4. The van der Waals surface area contributed by atoms with E-state index in [1.54, 1.807) is 0 Å². The molecule has 0 aromatic rings. The van der Waals surface area contributed by atoms with Crippen LogP contribution in [-0.2, 0) is 14.3 Å². The van der Waals surface area contributed by atoms with E-state index in [9.17, 15) is 40.5 Å². The van der Waals surface area contributed by atoms with Crippen LogP contribution in [0.5, 0.6) is 0 Å². The molecule has 11 nitrogen and oxygen atoms in total. The number of amides is 1. The maximum Gasteiger partial charge on any atom is 0.249 e. The fourth-order valence-electron chi connectivity index (χ4n) is 10.4. The summed E-state index contributed by atoms with van der Waals surface area (Å²) in [7, 11) is 0. The molecule has 0 aromatic carbocycles. The molecule has 0 aliphatic carbocycles. The first-order valence-corrected chi connectivity index (χ1v) is 32.4. The Hall–Kier alpha value is -1.67. The monoisotopic (exact) mass is 1080 g/mol. The summed E-state index contributed by atoms with van der Waals surface area (Å²) in [5, 5.41) is 76.3. The molecule has 9 unspecified atom stereocenters. The summed E-state index contributed by atoms with van der Waals surface area (Å²) in [5.41, 5.74) is 0. The van der Waals surface area contributed by atoms with Crippen molar-refractivity contribution in [3.05, 3.63) is 36.5 Å². The smallest absolute Gasteiger partial charge is 0.249 e. The lowest BCUT2D eigenvalue weighted by Gasteiger charge is -2.40. The van der Waals surface area contributed by atoms with Gasteiger partial charge in [-0.25, -0.2) is 0 Å². The van der Waals surface area contributed by atoms with Crippen molar-refractivity contribution in [1.82, 2.24) is 5.32 Å². The molecule has 11 heteroatoms. The van der Waals surface area contributed by atoms with Crippen LogP contribution in [0, 0.1) is 0 Å². The molecule has 1 heterocycles. The Labute approximate surface area is 467 Å². The van der Waals surface area contributed by atoms with Gasteiger partial charge in [-0.15, -0.1) is 0 Å². The largest absolute Gasteiger partial charge is 0.394 e. The van der Waals surface area contributed by atoms with Crippen molar-refractivity contribution >= 4 is 5.91 Å². The number of allylic oxidation sites excluding steroid dienone is 6. The Morgan fingerprint density at radius 2 is 0.789 bits per heavy atom. The molecule has 1 saturated heterocycles.